The van der Waals surface area contributed by atoms with Crippen molar-refractivity contribution in [2.45, 2.75) is 31.8 Å². The summed E-state index contributed by atoms with van der Waals surface area (Å²) < 4.78 is 0. The van der Waals surface area contributed by atoms with Crippen LogP contribution in [0.3, 0.4) is 0 Å². The fraction of sp³-hybridized carbons (Fsp3) is 0.429. The highest BCUT2D eigenvalue weighted by atomic mass is 16.4. The second kappa shape index (κ2) is 5.84. The molecule has 5 nitrogen and oxygen atoms in total. The molecule has 1 aliphatic heterocycles. The van der Waals surface area contributed by atoms with Gasteiger partial charge in [0.25, 0.3) is 5.91 Å². The summed E-state index contributed by atoms with van der Waals surface area (Å²) in [6, 6.07) is 5.28. The van der Waals surface area contributed by atoms with E-state index in [1.807, 2.05) is 6.07 Å². The van der Waals surface area contributed by atoms with Crippen LogP contribution < -0.4 is 5.32 Å². The lowest BCUT2D eigenvalue weighted by Gasteiger charge is -2.12. The normalized spacial score (nSPS) is 16.2. The predicted molar refractivity (Wildman–Crippen MR) is 68.9 cm³/mol. The van der Waals surface area contributed by atoms with Crippen molar-refractivity contribution >= 4 is 11.9 Å². The minimum absolute atomic E-state index is 0.0928. The highest BCUT2D eigenvalue weighted by molar-refractivity contribution is 5.96. The Balaban J connectivity index is 2.19. The zero-order chi connectivity index (χ0) is 13.8. The van der Waals surface area contributed by atoms with Crippen molar-refractivity contribution in [1.29, 1.82) is 0 Å². The molecular weight excluding hydrogens is 246 g/mol. The smallest absolute Gasteiger partial charge is 0.303 e. The molecule has 102 valence electrons. The topological polar surface area (TPSA) is 86.6 Å². The number of carboxylic acids is 1. The molecule has 19 heavy (non-hydrogen) atoms. The molecule has 0 aliphatic carbocycles. The Labute approximate surface area is 111 Å². The van der Waals surface area contributed by atoms with Crippen LogP contribution in [0, 0.1) is 0 Å². The van der Waals surface area contributed by atoms with Gasteiger partial charge < -0.3 is 15.5 Å². The number of carbonyl (C=O) groups excluding carboxylic acids is 1. The Morgan fingerprint density at radius 3 is 2.95 bits per heavy atom. The maximum Gasteiger partial charge on any atom is 0.303 e. The maximum atomic E-state index is 11.9. The summed E-state index contributed by atoms with van der Waals surface area (Å²) in [5.41, 5.74) is 2.16. The summed E-state index contributed by atoms with van der Waals surface area (Å²) >= 11 is 0. The minimum atomic E-state index is -0.938. The molecule has 0 radical (unpaired) electrons. The first-order valence-corrected chi connectivity index (χ1v) is 6.39. The van der Waals surface area contributed by atoms with Crippen LogP contribution in [0.15, 0.2) is 18.2 Å². The van der Waals surface area contributed by atoms with Crippen LogP contribution in [0.4, 0.5) is 0 Å². The molecule has 0 spiro atoms. The number of carboxylic acid groups (broad SMARTS) is 1. The monoisotopic (exact) mass is 263 g/mol. The summed E-state index contributed by atoms with van der Waals surface area (Å²) in [5, 5.41) is 21.3. The van der Waals surface area contributed by atoms with E-state index in [0.29, 0.717) is 17.7 Å². The second-order valence-electron chi connectivity index (χ2n) is 4.72. The maximum absolute atomic E-state index is 11.9. The van der Waals surface area contributed by atoms with E-state index in [1.54, 1.807) is 12.1 Å². The molecule has 1 aliphatic rings. The summed E-state index contributed by atoms with van der Waals surface area (Å²) in [5.74, 6) is -1.06. The molecule has 1 aromatic rings. The Morgan fingerprint density at radius 1 is 1.42 bits per heavy atom. The van der Waals surface area contributed by atoms with E-state index in [2.05, 4.69) is 5.32 Å². The number of hydrogen-bond acceptors (Lipinski definition) is 3. The van der Waals surface area contributed by atoms with Crippen molar-refractivity contribution < 1.29 is 19.8 Å². The third-order valence-corrected chi connectivity index (χ3v) is 3.30. The molecule has 0 bridgehead atoms. The number of fused-ring (bicyclic) bond motifs is 1. The molecule has 1 heterocycles. The van der Waals surface area contributed by atoms with Gasteiger partial charge >= 0.3 is 5.97 Å². The average Bonchev–Trinajstić information content (AvgIpc) is 2.58. The van der Waals surface area contributed by atoms with Crippen LogP contribution in [0.1, 0.15) is 46.9 Å². The predicted octanol–water partition coefficient (Wildman–Crippen LogP) is 1.26. The quantitative estimate of drug-likeness (QED) is 0.763. The largest absolute Gasteiger partial charge is 0.481 e. The van der Waals surface area contributed by atoms with Crippen LogP contribution in [0.5, 0.6) is 0 Å². The third kappa shape index (κ3) is 3.32. The molecular formula is C14H17NO4. The van der Waals surface area contributed by atoms with Crippen molar-refractivity contribution in [2.24, 2.45) is 0 Å². The van der Waals surface area contributed by atoms with Crippen molar-refractivity contribution in [1.82, 2.24) is 5.32 Å². The van der Waals surface area contributed by atoms with Crippen molar-refractivity contribution in [2.75, 3.05) is 6.54 Å². The van der Waals surface area contributed by atoms with Gasteiger partial charge in [-0.25, -0.2) is 0 Å². The van der Waals surface area contributed by atoms with Crippen LogP contribution >= 0.6 is 0 Å². The van der Waals surface area contributed by atoms with Crippen LogP contribution in [0.25, 0.3) is 0 Å². The van der Waals surface area contributed by atoms with E-state index < -0.39 is 12.1 Å². The Bertz CT molecular complexity index is 498. The molecule has 0 saturated heterocycles. The average molecular weight is 263 g/mol. The van der Waals surface area contributed by atoms with Crippen molar-refractivity contribution in [3.05, 3.63) is 34.9 Å². The molecule has 1 aromatic carbocycles. The SMILES string of the molecule is O=C(O)CCC(O)c1ccc2c(c1)C(=O)NCCC2. The number of amides is 1. The molecule has 1 amide bonds. The summed E-state index contributed by atoms with van der Waals surface area (Å²) in [7, 11) is 0. The number of aliphatic carboxylic acids is 1. The molecule has 1 atom stereocenters. The number of carbonyl (C=O) groups is 2. The lowest BCUT2D eigenvalue weighted by Crippen LogP contribution is -2.22. The van der Waals surface area contributed by atoms with Gasteiger partial charge in [0.2, 0.25) is 0 Å². The first kappa shape index (κ1) is 13.5. The van der Waals surface area contributed by atoms with E-state index in [9.17, 15) is 14.7 Å². The third-order valence-electron chi connectivity index (χ3n) is 3.30. The van der Waals surface area contributed by atoms with E-state index in [-0.39, 0.29) is 18.7 Å². The van der Waals surface area contributed by atoms with Crippen LogP contribution in [0.2, 0.25) is 0 Å². The van der Waals surface area contributed by atoms with Gasteiger partial charge in [-0.1, -0.05) is 12.1 Å². The first-order valence-electron chi connectivity index (χ1n) is 6.39. The molecule has 0 saturated carbocycles. The van der Waals surface area contributed by atoms with Gasteiger partial charge in [-0.3, -0.25) is 9.59 Å². The van der Waals surface area contributed by atoms with Gasteiger partial charge in [-0.05, 0) is 36.5 Å². The Morgan fingerprint density at radius 2 is 2.21 bits per heavy atom. The highest BCUT2D eigenvalue weighted by Gasteiger charge is 2.18. The van der Waals surface area contributed by atoms with Gasteiger partial charge in [0.05, 0.1) is 6.10 Å². The molecule has 5 heteroatoms. The van der Waals surface area contributed by atoms with Gasteiger partial charge in [0.15, 0.2) is 0 Å². The minimum Gasteiger partial charge on any atom is -0.481 e. The molecule has 3 N–H and O–H groups in total. The van der Waals surface area contributed by atoms with Crippen LogP contribution in [-0.2, 0) is 11.2 Å². The first-order chi connectivity index (χ1) is 9.08. The van der Waals surface area contributed by atoms with Gasteiger partial charge in [-0.2, -0.15) is 0 Å². The number of rotatable bonds is 4. The number of hydrogen-bond donors (Lipinski definition) is 3. The van der Waals surface area contributed by atoms with Crippen LogP contribution in [-0.4, -0.2) is 28.6 Å². The lowest BCUT2D eigenvalue weighted by molar-refractivity contribution is -0.137. The summed E-state index contributed by atoms with van der Waals surface area (Å²) in [6.45, 7) is 0.657. The van der Waals surface area contributed by atoms with E-state index in [1.165, 1.54) is 0 Å². The number of nitrogens with one attached hydrogen (secondary N) is 1. The zero-order valence-corrected chi connectivity index (χ0v) is 10.6. The fourth-order valence-electron chi connectivity index (χ4n) is 2.23. The standard InChI is InChI=1S/C14H17NO4/c16-12(5-6-13(17)18)10-4-3-9-2-1-7-15-14(19)11(9)8-10/h3-4,8,12,16H,1-2,5-7H2,(H,15,19)(H,17,18). The van der Waals surface area contributed by atoms with Crippen molar-refractivity contribution in [3.8, 4) is 0 Å². The Kier molecular flexibility index (Phi) is 4.16. The van der Waals surface area contributed by atoms with E-state index in [0.717, 1.165) is 18.4 Å². The molecule has 1 unspecified atom stereocenters. The Hall–Kier alpha value is -1.88. The van der Waals surface area contributed by atoms with E-state index >= 15 is 0 Å². The number of aliphatic hydroxyl groups is 1. The zero-order valence-electron chi connectivity index (χ0n) is 10.6. The molecule has 2 rings (SSSR count). The summed E-state index contributed by atoms with van der Waals surface area (Å²) in [6.07, 6.45) is 0.942. The molecule has 0 fully saturated rings. The number of aliphatic hydroxyl groups excluding tert-OH is 1. The fourth-order valence-corrected chi connectivity index (χ4v) is 2.23. The number of aryl methyl sites for hydroxylation is 1. The van der Waals surface area contributed by atoms with Gasteiger partial charge in [0, 0.05) is 18.5 Å². The highest BCUT2D eigenvalue weighted by Crippen LogP contribution is 2.23. The lowest BCUT2D eigenvalue weighted by atomic mass is 9.97. The number of benzene rings is 1. The van der Waals surface area contributed by atoms with Gasteiger partial charge in [-0.15, -0.1) is 0 Å². The molecule has 0 aromatic heterocycles. The van der Waals surface area contributed by atoms with E-state index in [4.69, 9.17) is 5.11 Å². The van der Waals surface area contributed by atoms with Crippen molar-refractivity contribution in [3.63, 3.8) is 0 Å². The second-order valence-corrected chi connectivity index (χ2v) is 4.72. The van der Waals surface area contributed by atoms with Gasteiger partial charge in [0.1, 0.15) is 0 Å². The summed E-state index contributed by atoms with van der Waals surface area (Å²) in [4.78, 5) is 22.3.